The highest BCUT2D eigenvalue weighted by molar-refractivity contribution is 7.80. The molecule has 33 heavy (non-hydrogen) atoms. The Balaban J connectivity index is 1.45. The van der Waals surface area contributed by atoms with Crippen LogP contribution in [0.1, 0.15) is 18.4 Å². The number of nitrogens with one attached hydrogen (secondary N) is 2. The minimum absolute atomic E-state index is 0.106. The average molecular weight is 485 g/mol. The van der Waals surface area contributed by atoms with Crippen molar-refractivity contribution in [1.82, 2.24) is 15.3 Å². The molecule has 7 nitrogen and oxygen atoms in total. The van der Waals surface area contributed by atoms with Gasteiger partial charge in [0.2, 0.25) is 17.7 Å². The lowest BCUT2D eigenvalue weighted by molar-refractivity contribution is 0.0515. The second kappa shape index (κ2) is 10.8. The van der Waals surface area contributed by atoms with Crippen molar-refractivity contribution in [2.75, 3.05) is 32.2 Å². The Bertz CT molecular complexity index is 1080. The van der Waals surface area contributed by atoms with E-state index in [-0.39, 0.29) is 11.4 Å². The lowest BCUT2D eigenvalue weighted by Crippen LogP contribution is -2.45. The van der Waals surface area contributed by atoms with Crippen molar-refractivity contribution < 1.29 is 14.2 Å². The summed E-state index contributed by atoms with van der Waals surface area (Å²) in [6.45, 7) is 2.04. The molecule has 1 fully saturated rings. The summed E-state index contributed by atoms with van der Waals surface area (Å²) in [6.07, 6.45) is 1.77. The van der Waals surface area contributed by atoms with Gasteiger partial charge < -0.3 is 24.8 Å². The van der Waals surface area contributed by atoms with E-state index >= 15 is 0 Å². The van der Waals surface area contributed by atoms with Crippen LogP contribution >= 0.6 is 23.8 Å². The van der Waals surface area contributed by atoms with Crippen molar-refractivity contribution in [1.29, 1.82) is 0 Å². The number of ether oxygens (including phenoxy) is 3. The number of aromatic nitrogens is 2. The lowest BCUT2D eigenvalue weighted by Gasteiger charge is -2.38. The van der Waals surface area contributed by atoms with Gasteiger partial charge >= 0.3 is 0 Å². The van der Waals surface area contributed by atoms with Gasteiger partial charge in [-0.05, 0) is 54.9 Å². The van der Waals surface area contributed by atoms with Crippen LogP contribution < -0.4 is 20.1 Å². The lowest BCUT2D eigenvalue weighted by atomic mass is 9.74. The fourth-order valence-electron chi connectivity index (χ4n) is 3.75. The van der Waals surface area contributed by atoms with E-state index in [1.807, 2.05) is 42.5 Å². The van der Waals surface area contributed by atoms with Gasteiger partial charge in [-0.15, -0.1) is 0 Å². The summed E-state index contributed by atoms with van der Waals surface area (Å²) in [6, 6.07) is 19.0. The fourth-order valence-corrected chi connectivity index (χ4v) is 4.04. The molecule has 1 aliphatic rings. The van der Waals surface area contributed by atoms with E-state index < -0.39 is 0 Å². The minimum Gasteiger partial charge on any atom is -0.481 e. The van der Waals surface area contributed by atoms with Gasteiger partial charge in [0.15, 0.2) is 5.11 Å². The first-order chi connectivity index (χ1) is 16.1. The van der Waals surface area contributed by atoms with Crippen LogP contribution in [0.4, 0.5) is 5.95 Å². The summed E-state index contributed by atoms with van der Waals surface area (Å²) in [5, 5.41) is 7.51. The molecule has 0 bridgehead atoms. The minimum atomic E-state index is -0.106. The molecule has 4 rings (SSSR count). The Hall–Kier alpha value is -2.94. The van der Waals surface area contributed by atoms with Crippen molar-refractivity contribution in [3.8, 4) is 17.5 Å². The van der Waals surface area contributed by atoms with E-state index in [9.17, 15) is 0 Å². The first-order valence-corrected chi connectivity index (χ1v) is 11.4. The molecule has 1 aliphatic heterocycles. The molecule has 0 unspecified atom stereocenters. The maximum Gasteiger partial charge on any atom is 0.235 e. The maximum atomic E-state index is 6.10. The van der Waals surface area contributed by atoms with Crippen LogP contribution in [0.2, 0.25) is 5.02 Å². The maximum absolute atomic E-state index is 6.10. The molecule has 3 aromatic rings. The highest BCUT2D eigenvalue weighted by Gasteiger charge is 2.34. The first kappa shape index (κ1) is 23.2. The van der Waals surface area contributed by atoms with Gasteiger partial charge in [-0.1, -0.05) is 41.9 Å². The quantitative estimate of drug-likeness (QED) is 0.455. The van der Waals surface area contributed by atoms with Crippen LogP contribution in [0.5, 0.6) is 17.5 Å². The number of hydrogen-bond acceptors (Lipinski definition) is 6. The van der Waals surface area contributed by atoms with E-state index in [0.29, 0.717) is 42.4 Å². The number of hydrogen-bond donors (Lipinski definition) is 2. The molecule has 2 aromatic carbocycles. The Labute approximate surface area is 203 Å². The molecule has 0 atom stereocenters. The van der Waals surface area contributed by atoms with Gasteiger partial charge in [-0.3, -0.25) is 0 Å². The number of rotatable bonds is 7. The number of nitrogens with zero attached hydrogens (tertiary/aromatic N) is 2. The van der Waals surface area contributed by atoms with Gasteiger partial charge in [-0.25, -0.2) is 0 Å². The van der Waals surface area contributed by atoms with Gasteiger partial charge in [0, 0.05) is 30.2 Å². The van der Waals surface area contributed by atoms with Crippen LogP contribution in [0, 0.1) is 0 Å². The third-order valence-electron chi connectivity index (χ3n) is 5.57. The molecule has 0 spiro atoms. The Kier molecular flexibility index (Phi) is 7.59. The second-order valence-corrected chi connectivity index (χ2v) is 8.54. The molecule has 0 aliphatic carbocycles. The number of thiocarbonyl (C=S) groups is 1. The Morgan fingerprint density at radius 1 is 1.06 bits per heavy atom. The topological polar surface area (TPSA) is 77.5 Å². The molecule has 2 heterocycles. The fraction of sp³-hybridized carbons (Fsp3) is 0.292. The average Bonchev–Trinajstić information content (AvgIpc) is 2.84. The smallest absolute Gasteiger partial charge is 0.235 e. The predicted octanol–water partition coefficient (Wildman–Crippen LogP) is 4.97. The Morgan fingerprint density at radius 2 is 1.76 bits per heavy atom. The molecule has 1 aromatic heterocycles. The van der Waals surface area contributed by atoms with Crippen molar-refractivity contribution >= 4 is 34.9 Å². The standard InChI is InChI=1S/C24H25ClN4O3S/c1-30-20-15-21(32-19-5-3-2-4-6-19)28-22(27-20)29-23(33)26-16-24(11-13-31-14-12-24)17-7-9-18(25)10-8-17/h2-10,15H,11-14,16H2,1H3,(H2,26,27,28,29,33). The summed E-state index contributed by atoms with van der Waals surface area (Å²) >= 11 is 11.6. The predicted molar refractivity (Wildman–Crippen MR) is 133 cm³/mol. The highest BCUT2D eigenvalue weighted by Crippen LogP contribution is 2.35. The number of para-hydroxylation sites is 1. The number of anilines is 1. The van der Waals surface area contributed by atoms with Crippen molar-refractivity contribution in [2.24, 2.45) is 0 Å². The number of benzene rings is 2. The molecule has 9 heteroatoms. The summed E-state index contributed by atoms with van der Waals surface area (Å²) in [5.41, 5.74) is 1.10. The van der Waals surface area contributed by atoms with Crippen LogP contribution in [0.25, 0.3) is 0 Å². The van der Waals surface area contributed by atoms with Gasteiger partial charge in [0.25, 0.3) is 0 Å². The van der Waals surface area contributed by atoms with E-state index in [4.69, 9.17) is 38.0 Å². The van der Waals surface area contributed by atoms with Crippen LogP contribution in [0.3, 0.4) is 0 Å². The molecule has 0 saturated carbocycles. The van der Waals surface area contributed by atoms with E-state index in [0.717, 1.165) is 17.9 Å². The zero-order valence-corrected chi connectivity index (χ0v) is 19.8. The molecule has 172 valence electrons. The highest BCUT2D eigenvalue weighted by atomic mass is 35.5. The molecule has 2 N–H and O–H groups in total. The third kappa shape index (κ3) is 6.10. The summed E-state index contributed by atoms with van der Waals surface area (Å²) < 4.78 is 16.7. The van der Waals surface area contributed by atoms with Crippen LogP contribution in [0.15, 0.2) is 60.7 Å². The van der Waals surface area contributed by atoms with E-state index in [1.165, 1.54) is 12.7 Å². The van der Waals surface area contributed by atoms with Gasteiger partial charge in [0.05, 0.1) is 13.2 Å². The largest absolute Gasteiger partial charge is 0.481 e. The Morgan fingerprint density at radius 3 is 2.45 bits per heavy atom. The van der Waals surface area contributed by atoms with E-state index in [1.54, 1.807) is 6.07 Å². The van der Waals surface area contributed by atoms with Crippen LogP contribution in [-0.2, 0) is 10.2 Å². The van der Waals surface area contributed by atoms with Gasteiger partial charge in [0.1, 0.15) is 5.75 Å². The SMILES string of the molecule is COc1cc(Oc2ccccc2)nc(NC(=S)NCC2(c3ccc(Cl)cc3)CCOCC2)n1. The van der Waals surface area contributed by atoms with Crippen LogP contribution in [-0.4, -0.2) is 41.9 Å². The van der Waals surface area contributed by atoms with Crippen molar-refractivity contribution in [3.05, 3.63) is 71.2 Å². The van der Waals surface area contributed by atoms with E-state index in [2.05, 4.69) is 32.7 Å². The number of halogens is 1. The monoisotopic (exact) mass is 484 g/mol. The molecular weight excluding hydrogens is 460 g/mol. The summed E-state index contributed by atoms with van der Waals surface area (Å²) in [4.78, 5) is 8.74. The zero-order valence-electron chi connectivity index (χ0n) is 18.2. The number of methoxy groups -OCH3 is 1. The normalized spacial score (nSPS) is 14.8. The molecule has 0 amide bonds. The van der Waals surface area contributed by atoms with Crippen molar-refractivity contribution in [3.63, 3.8) is 0 Å². The van der Waals surface area contributed by atoms with Crippen molar-refractivity contribution in [2.45, 2.75) is 18.3 Å². The molecule has 1 saturated heterocycles. The molecule has 0 radical (unpaired) electrons. The third-order valence-corrected chi connectivity index (χ3v) is 6.07. The summed E-state index contributed by atoms with van der Waals surface area (Å²) in [7, 11) is 1.54. The second-order valence-electron chi connectivity index (χ2n) is 7.69. The summed E-state index contributed by atoms with van der Waals surface area (Å²) in [5.74, 6) is 1.66. The van der Waals surface area contributed by atoms with Gasteiger partial charge in [-0.2, -0.15) is 9.97 Å². The zero-order chi connectivity index (χ0) is 23.1. The first-order valence-electron chi connectivity index (χ1n) is 10.6. The molecular formula is C24H25ClN4O3S.